The third-order valence-electron chi connectivity index (χ3n) is 2.58. The lowest BCUT2D eigenvalue weighted by atomic mass is 10.1. The van der Waals surface area contributed by atoms with Crippen LogP contribution in [0, 0.1) is 6.92 Å². The van der Waals surface area contributed by atoms with Crippen molar-refractivity contribution in [1.82, 2.24) is 0 Å². The standard InChI is InChI=1S/C12H13NO2S/c1-9-6-7-10-4-3-5-12(11(10)8-9)13(2)16(14)15/h3-8H,1-2H3,(H,14,15)/p-1. The molecule has 2 rings (SSSR count). The second-order valence-electron chi connectivity index (χ2n) is 3.72. The van der Waals surface area contributed by atoms with Crippen LogP contribution < -0.4 is 4.31 Å². The largest absolute Gasteiger partial charge is 0.755 e. The van der Waals surface area contributed by atoms with Crippen molar-refractivity contribution in [2.45, 2.75) is 6.92 Å². The molecule has 4 heteroatoms. The van der Waals surface area contributed by atoms with Crippen molar-refractivity contribution >= 4 is 27.7 Å². The van der Waals surface area contributed by atoms with Crippen LogP contribution in [0.3, 0.4) is 0 Å². The van der Waals surface area contributed by atoms with Crippen molar-refractivity contribution in [2.75, 3.05) is 11.4 Å². The fraction of sp³-hybridized carbons (Fsp3) is 0.167. The summed E-state index contributed by atoms with van der Waals surface area (Å²) in [5, 5.41) is 2.00. The van der Waals surface area contributed by atoms with Crippen molar-refractivity contribution in [2.24, 2.45) is 0 Å². The van der Waals surface area contributed by atoms with E-state index < -0.39 is 11.3 Å². The highest BCUT2D eigenvalue weighted by molar-refractivity contribution is 7.80. The van der Waals surface area contributed by atoms with E-state index in [0.29, 0.717) is 5.69 Å². The molecule has 0 bridgehead atoms. The van der Waals surface area contributed by atoms with Gasteiger partial charge in [0, 0.05) is 23.7 Å². The minimum Gasteiger partial charge on any atom is -0.755 e. The molecular weight excluding hydrogens is 222 g/mol. The summed E-state index contributed by atoms with van der Waals surface area (Å²) in [6.07, 6.45) is 0. The van der Waals surface area contributed by atoms with Gasteiger partial charge in [0.25, 0.3) is 0 Å². The average molecular weight is 234 g/mol. The molecule has 0 aromatic heterocycles. The number of rotatable bonds is 2. The second-order valence-corrected chi connectivity index (χ2v) is 4.70. The Hall–Kier alpha value is -1.39. The summed E-state index contributed by atoms with van der Waals surface area (Å²) in [6.45, 7) is 1.99. The molecule has 2 aromatic carbocycles. The van der Waals surface area contributed by atoms with E-state index in [4.69, 9.17) is 0 Å². The quantitative estimate of drug-likeness (QED) is 0.749. The summed E-state index contributed by atoms with van der Waals surface area (Å²) in [6, 6.07) is 11.6. The lowest BCUT2D eigenvalue weighted by Gasteiger charge is -2.22. The van der Waals surface area contributed by atoms with E-state index in [1.54, 1.807) is 13.1 Å². The van der Waals surface area contributed by atoms with Crippen molar-refractivity contribution in [3.05, 3.63) is 42.0 Å². The van der Waals surface area contributed by atoms with Gasteiger partial charge in [0.1, 0.15) is 0 Å². The fourth-order valence-corrected chi connectivity index (χ4v) is 2.04. The first-order chi connectivity index (χ1) is 7.59. The molecule has 1 unspecified atom stereocenters. The van der Waals surface area contributed by atoms with Gasteiger partial charge in [0.2, 0.25) is 0 Å². The van der Waals surface area contributed by atoms with Gasteiger partial charge in [-0.3, -0.25) is 4.21 Å². The molecule has 0 fully saturated rings. The van der Waals surface area contributed by atoms with Crippen LogP contribution in [0.2, 0.25) is 0 Å². The smallest absolute Gasteiger partial charge is 0.0557 e. The van der Waals surface area contributed by atoms with Crippen LogP contribution in [0.1, 0.15) is 5.56 Å². The first-order valence-electron chi connectivity index (χ1n) is 4.92. The Morgan fingerprint density at radius 2 is 2.00 bits per heavy atom. The Labute approximate surface area is 97.1 Å². The van der Waals surface area contributed by atoms with Gasteiger partial charge in [0.15, 0.2) is 0 Å². The molecule has 0 aliphatic rings. The highest BCUT2D eigenvalue weighted by Gasteiger charge is 2.05. The molecule has 84 valence electrons. The summed E-state index contributed by atoms with van der Waals surface area (Å²) in [7, 11) is 1.54. The van der Waals surface area contributed by atoms with Crippen LogP contribution in [0.5, 0.6) is 0 Å². The van der Waals surface area contributed by atoms with E-state index >= 15 is 0 Å². The lowest BCUT2D eigenvalue weighted by Crippen LogP contribution is -2.19. The SMILES string of the molecule is Cc1ccc2cccc(N(C)S(=O)[O-])c2c1. The van der Waals surface area contributed by atoms with E-state index in [-0.39, 0.29) is 0 Å². The Morgan fingerprint density at radius 1 is 1.25 bits per heavy atom. The van der Waals surface area contributed by atoms with Crippen LogP contribution in [0.15, 0.2) is 36.4 Å². The van der Waals surface area contributed by atoms with Crippen molar-refractivity contribution in [1.29, 1.82) is 0 Å². The third-order valence-corrected chi connectivity index (χ3v) is 3.22. The van der Waals surface area contributed by atoms with E-state index in [1.807, 2.05) is 37.3 Å². The highest BCUT2D eigenvalue weighted by Crippen LogP contribution is 2.27. The van der Waals surface area contributed by atoms with Crippen molar-refractivity contribution < 1.29 is 8.76 Å². The van der Waals surface area contributed by atoms with E-state index in [1.165, 1.54) is 4.31 Å². The van der Waals surface area contributed by atoms with E-state index in [9.17, 15) is 8.76 Å². The minimum absolute atomic E-state index is 0.703. The van der Waals surface area contributed by atoms with Crippen LogP contribution in [0.4, 0.5) is 5.69 Å². The molecule has 0 amide bonds. The van der Waals surface area contributed by atoms with Crippen LogP contribution in [-0.4, -0.2) is 15.8 Å². The number of hydrogen-bond acceptors (Lipinski definition) is 2. The van der Waals surface area contributed by atoms with Crippen LogP contribution >= 0.6 is 0 Å². The Bertz CT molecular complexity index is 554. The van der Waals surface area contributed by atoms with E-state index in [0.717, 1.165) is 16.3 Å². The Morgan fingerprint density at radius 3 is 2.69 bits per heavy atom. The first-order valence-corrected chi connectivity index (χ1v) is 5.95. The summed E-state index contributed by atoms with van der Waals surface area (Å²) in [5.74, 6) is 0. The fourth-order valence-electron chi connectivity index (χ4n) is 1.72. The molecule has 0 aliphatic carbocycles. The number of nitrogens with zero attached hydrogens (tertiary/aromatic N) is 1. The number of fused-ring (bicyclic) bond motifs is 1. The molecule has 0 heterocycles. The molecule has 0 saturated carbocycles. The number of anilines is 1. The van der Waals surface area contributed by atoms with Crippen LogP contribution in [-0.2, 0) is 11.3 Å². The van der Waals surface area contributed by atoms with Crippen molar-refractivity contribution in [3.63, 3.8) is 0 Å². The molecular formula is C12H12NO2S-. The monoisotopic (exact) mass is 234 g/mol. The van der Waals surface area contributed by atoms with Gasteiger partial charge < -0.3 is 8.86 Å². The van der Waals surface area contributed by atoms with Gasteiger partial charge in [-0.1, -0.05) is 29.8 Å². The third kappa shape index (κ3) is 1.94. The first kappa shape index (κ1) is 11.1. The Kier molecular flexibility index (Phi) is 2.94. The van der Waals surface area contributed by atoms with Gasteiger partial charge in [-0.25, -0.2) is 0 Å². The van der Waals surface area contributed by atoms with Crippen molar-refractivity contribution in [3.8, 4) is 0 Å². The maximum Gasteiger partial charge on any atom is 0.0557 e. The highest BCUT2D eigenvalue weighted by atomic mass is 32.2. The molecule has 16 heavy (non-hydrogen) atoms. The van der Waals surface area contributed by atoms with Gasteiger partial charge in [-0.15, -0.1) is 0 Å². The zero-order valence-corrected chi connectivity index (χ0v) is 9.95. The lowest BCUT2D eigenvalue weighted by molar-refractivity contribution is 0.535. The van der Waals surface area contributed by atoms with Gasteiger partial charge in [0.05, 0.1) is 5.69 Å². The van der Waals surface area contributed by atoms with Gasteiger partial charge in [-0.05, 0) is 24.4 Å². The molecule has 2 aromatic rings. The number of benzene rings is 2. The summed E-state index contributed by atoms with van der Waals surface area (Å²) < 4.78 is 23.1. The maximum atomic E-state index is 11.0. The van der Waals surface area contributed by atoms with E-state index in [2.05, 4.69) is 0 Å². The molecule has 3 nitrogen and oxygen atoms in total. The van der Waals surface area contributed by atoms with Crippen LogP contribution in [0.25, 0.3) is 10.8 Å². The predicted octanol–water partition coefficient (Wildman–Crippen LogP) is 2.38. The normalized spacial score (nSPS) is 12.7. The zero-order chi connectivity index (χ0) is 11.7. The molecule has 0 spiro atoms. The molecule has 0 radical (unpaired) electrons. The second kappa shape index (κ2) is 4.23. The molecule has 0 aliphatic heterocycles. The number of aryl methyl sites for hydroxylation is 1. The minimum atomic E-state index is -2.24. The molecule has 0 N–H and O–H groups in total. The predicted molar refractivity (Wildman–Crippen MR) is 66.0 cm³/mol. The summed E-state index contributed by atoms with van der Waals surface area (Å²) >= 11 is -2.24. The molecule has 0 saturated heterocycles. The number of hydrogen-bond donors (Lipinski definition) is 0. The zero-order valence-electron chi connectivity index (χ0n) is 9.14. The molecule has 1 atom stereocenters. The average Bonchev–Trinajstić information content (AvgIpc) is 2.27. The van der Waals surface area contributed by atoms with Gasteiger partial charge in [-0.2, -0.15) is 0 Å². The summed E-state index contributed by atoms with van der Waals surface area (Å²) in [5.41, 5.74) is 1.82. The Balaban J connectivity index is 2.69. The maximum absolute atomic E-state index is 11.0. The topological polar surface area (TPSA) is 43.4 Å². The van der Waals surface area contributed by atoms with Gasteiger partial charge >= 0.3 is 0 Å². The summed E-state index contributed by atoms with van der Waals surface area (Å²) in [4.78, 5) is 0.